The van der Waals surface area contributed by atoms with Gasteiger partial charge in [0.1, 0.15) is 0 Å². The number of sulfone groups is 1. The number of rotatable bonds is 6. The molecule has 1 heterocycles. The molecule has 1 N–H and O–H groups in total. The zero-order chi connectivity index (χ0) is 21.9. The number of morpholine rings is 1. The summed E-state index contributed by atoms with van der Waals surface area (Å²) in [4.78, 5) is 12.7. The lowest BCUT2D eigenvalue weighted by molar-refractivity contribution is 0.0730. The zero-order valence-electron chi connectivity index (χ0n) is 16.2. The Bertz CT molecular complexity index is 1160. The number of ether oxygens (including phenoxy) is 1. The molecule has 8 nitrogen and oxygen atoms in total. The summed E-state index contributed by atoms with van der Waals surface area (Å²) in [5, 5.41) is 2.58. The lowest BCUT2D eigenvalue weighted by atomic mass is 10.2. The van der Waals surface area contributed by atoms with Crippen molar-refractivity contribution in [3.05, 3.63) is 53.1 Å². The van der Waals surface area contributed by atoms with E-state index in [0.717, 1.165) is 0 Å². The van der Waals surface area contributed by atoms with Gasteiger partial charge < -0.3 is 10.1 Å². The quantitative estimate of drug-likeness (QED) is 0.691. The Labute approximate surface area is 180 Å². The molecular weight excluding hydrogens is 452 g/mol. The average molecular weight is 473 g/mol. The van der Waals surface area contributed by atoms with E-state index in [9.17, 15) is 21.6 Å². The highest BCUT2D eigenvalue weighted by molar-refractivity contribution is 7.91. The molecule has 0 saturated carbocycles. The summed E-state index contributed by atoms with van der Waals surface area (Å²) < 4.78 is 56.8. The number of anilines is 1. The van der Waals surface area contributed by atoms with Gasteiger partial charge in [-0.3, -0.25) is 4.79 Å². The van der Waals surface area contributed by atoms with E-state index in [1.165, 1.54) is 41.6 Å². The zero-order valence-corrected chi connectivity index (χ0v) is 18.6. The molecule has 2 aromatic rings. The van der Waals surface area contributed by atoms with Crippen LogP contribution in [0.25, 0.3) is 0 Å². The standard InChI is InChI=1S/C19H21ClN2O6S2/c1-2-29(24,25)18-6-4-3-5-17(18)21-19(23)15-13-14(7-8-16(15)20)30(26,27)22-9-11-28-12-10-22/h3-8,13H,2,9-12H2,1H3,(H,21,23). The van der Waals surface area contributed by atoms with Gasteiger partial charge in [0.15, 0.2) is 9.84 Å². The number of benzene rings is 2. The molecule has 0 aliphatic carbocycles. The maximum Gasteiger partial charge on any atom is 0.257 e. The molecule has 30 heavy (non-hydrogen) atoms. The van der Waals surface area contributed by atoms with Crippen LogP contribution in [0.1, 0.15) is 17.3 Å². The van der Waals surface area contributed by atoms with Crippen LogP contribution in [-0.2, 0) is 24.6 Å². The Morgan fingerprint density at radius 2 is 1.77 bits per heavy atom. The lowest BCUT2D eigenvalue weighted by Gasteiger charge is -2.26. The smallest absolute Gasteiger partial charge is 0.257 e. The summed E-state index contributed by atoms with van der Waals surface area (Å²) in [5.74, 6) is -0.841. The number of amides is 1. The third-order valence-corrected chi connectivity index (χ3v) is 8.65. The van der Waals surface area contributed by atoms with E-state index >= 15 is 0 Å². The van der Waals surface area contributed by atoms with E-state index in [-0.39, 0.29) is 44.9 Å². The van der Waals surface area contributed by atoms with Gasteiger partial charge in [0, 0.05) is 13.1 Å². The van der Waals surface area contributed by atoms with E-state index in [0.29, 0.717) is 13.2 Å². The minimum absolute atomic E-state index is 0.0194. The third-order valence-electron chi connectivity index (χ3n) is 4.64. The first-order valence-corrected chi connectivity index (χ1v) is 12.6. The van der Waals surface area contributed by atoms with Gasteiger partial charge in [0.05, 0.1) is 45.0 Å². The first kappa shape index (κ1) is 22.7. The number of hydrogen-bond donors (Lipinski definition) is 1. The Hall–Kier alpha value is -1.98. The molecule has 0 unspecified atom stereocenters. The first-order chi connectivity index (χ1) is 14.2. The maximum absolute atomic E-state index is 12.9. The van der Waals surface area contributed by atoms with Gasteiger partial charge in [0.25, 0.3) is 5.91 Å². The molecule has 0 spiro atoms. The molecule has 0 atom stereocenters. The summed E-state index contributed by atoms with van der Waals surface area (Å²) in [6.07, 6.45) is 0. The predicted octanol–water partition coefficient (Wildman–Crippen LogP) is 2.41. The molecule has 0 radical (unpaired) electrons. The minimum Gasteiger partial charge on any atom is -0.379 e. The molecule has 11 heteroatoms. The summed E-state index contributed by atoms with van der Waals surface area (Å²) in [7, 11) is -7.40. The van der Waals surface area contributed by atoms with Crippen LogP contribution in [-0.4, -0.2) is 59.1 Å². The predicted molar refractivity (Wildman–Crippen MR) is 113 cm³/mol. The van der Waals surface area contributed by atoms with Crippen LogP contribution < -0.4 is 5.32 Å². The lowest BCUT2D eigenvalue weighted by Crippen LogP contribution is -2.40. The molecule has 0 aromatic heterocycles. The fourth-order valence-electron chi connectivity index (χ4n) is 2.96. The maximum atomic E-state index is 12.9. The van der Waals surface area contributed by atoms with Crippen molar-refractivity contribution in [2.75, 3.05) is 37.4 Å². The van der Waals surface area contributed by atoms with Crippen LogP contribution in [0, 0.1) is 0 Å². The van der Waals surface area contributed by atoms with Crippen molar-refractivity contribution in [2.24, 2.45) is 0 Å². The average Bonchev–Trinajstić information content (AvgIpc) is 2.74. The summed E-state index contributed by atoms with van der Waals surface area (Å²) in [6.45, 7) is 2.53. The molecule has 1 fully saturated rings. The van der Waals surface area contributed by atoms with E-state index in [4.69, 9.17) is 16.3 Å². The van der Waals surface area contributed by atoms with Gasteiger partial charge in [-0.25, -0.2) is 16.8 Å². The van der Waals surface area contributed by atoms with E-state index in [1.54, 1.807) is 12.1 Å². The monoisotopic (exact) mass is 472 g/mol. The van der Waals surface area contributed by atoms with Gasteiger partial charge in [-0.15, -0.1) is 0 Å². The second-order valence-corrected chi connectivity index (χ2v) is 11.1. The Morgan fingerprint density at radius 1 is 1.10 bits per heavy atom. The van der Waals surface area contributed by atoms with Gasteiger partial charge in [-0.05, 0) is 30.3 Å². The van der Waals surface area contributed by atoms with Gasteiger partial charge in [-0.1, -0.05) is 30.7 Å². The summed E-state index contributed by atoms with van der Waals surface area (Å²) in [5.41, 5.74) is 0.0246. The Kier molecular flexibility index (Phi) is 6.83. The number of nitrogens with zero attached hydrogens (tertiary/aromatic N) is 1. The highest BCUT2D eigenvalue weighted by atomic mass is 35.5. The number of nitrogens with one attached hydrogen (secondary N) is 1. The molecule has 162 valence electrons. The van der Waals surface area contributed by atoms with Crippen LogP contribution in [0.2, 0.25) is 5.02 Å². The van der Waals surface area contributed by atoms with Gasteiger partial charge in [0.2, 0.25) is 10.0 Å². The summed E-state index contributed by atoms with van der Waals surface area (Å²) >= 11 is 6.14. The van der Waals surface area contributed by atoms with Crippen LogP contribution in [0.3, 0.4) is 0 Å². The van der Waals surface area contributed by atoms with Crippen LogP contribution >= 0.6 is 11.6 Å². The van der Waals surface area contributed by atoms with Crippen molar-refractivity contribution in [3.8, 4) is 0 Å². The number of carbonyl (C=O) groups excluding carboxylic acids is 1. The Morgan fingerprint density at radius 3 is 2.43 bits per heavy atom. The van der Waals surface area contributed by atoms with E-state index in [1.807, 2.05) is 0 Å². The van der Waals surface area contributed by atoms with E-state index in [2.05, 4.69) is 5.32 Å². The van der Waals surface area contributed by atoms with Crippen molar-refractivity contribution in [1.82, 2.24) is 4.31 Å². The van der Waals surface area contributed by atoms with Crippen LogP contribution in [0.15, 0.2) is 52.3 Å². The molecule has 1 aliphatic rings. The first-order valence-electron chi connectivity index (χ1n) is 9.17. The normalized spacial score (nSPS) is 15.7. The summed E-state index contributed by atoms with van der Waals surface area (Å²) in [6, 6.07) is 9.86. The number of sulfonamides is 1. The number of hydrogen-bond acceptors (Lipinski definition) is 6. The topological polar surface area (TPSA) is 110 Å². The number of para-hydroxylation sites is 1. The minimum atomic E-state index is -3.82. The second kappa shape index (κ2) is 9.03. The van der Waals surface area contributed by atoms with Crippen LogP contribution in [0.5, 0.6) is 0 Å². The van der Waals surface area contributed by atoms with Crippen molar-refractivity contribution in [1.29, 1.82) is 0 Å². The third kappa shape index (κ3) is 4.68. The number of halogens is 1. The molecule has 3 rings (SSSR count). The molecule has 1 saturated heterocycles. The molecule has 0 bridgehead atoms. The Balaban J connectivity index is 1.94. The molecule has 2 aromatic carbocycles. The van der Waals surface area contributed by atoms with Gasteiger partial charge in [-0.2, -0.15) is 4.31 Å². The highest BCUT2D eigenvalue weighted by Gasteiger charge is 2.28. The fourth-order valence-corrected chi connectivity index (χ4v) is 5.65. The van der Waals surface area contributed by atoms with Crippen molar-refractivity contribution in [3.63, 3.8) is 0 Å². The largest absolute Gasteiger partial charge is 0.379 e. The van der Waals surface area contributed by atoms with E-state index < -0.39 is 25.8 Å². The van der Waals surface area contributed by atoms with Crippen molar-refractivity contribution >= 4 is 43.1 Å². The highest BCUT2D eigenvalue weighted by Crippen LogP contribution is 2.27. The molecule has 1 aliphatic heterocycles. The van der Waals surface area contributed by atoms with Crippen molar-refractivity contribution < 1.29 is 26.4 Å². The second-order valence-electron chi connectivity index (χ2n) is 6.51. The molecule has 1 amide bonds. The molecular formula is C19H21ClN2O6S2. The fraction of sp³-hybridized carbons (Fsp3) is 0.316. The van der Waals surface area contributed by atoms with Crippen LogP contribution in [0.4, 0.5) is 5.69 Å². The SMILES string of the molecule is CCS(=O)(=O)c1ccccc1NC(=O)c1cc(S(=O)(=O)N2CCOCC2)ccc1Cl. The van der Waals surface area contributed by atoms with Gasteiger partial charge >= 0.3 is 0 Å². The number of carbonyl (C=O) groups is 1. The van der Waals surface area contributed by atoms with Crippen molar-refractivity contribution in [2.45, 2.75) is 16.7 Å².